The van der Waals surface area contributed by atoms with Crippen molar-refractivity contribution in [1.82, 2.24) is 4.98 Å². The van der Waals surface area contributed by atoms with E-state index in [1.165, 1.54) is 0 Å². The van der Waals surface area contributed by atoms with Crippen molar-refractivity contribution in [2.75, 3.05) is 20.0 Å². The van der Waals surface area contributed by atoms with Crippen molar-refractivity contribution in [2.45, 2.75) is 0 Å². The number of aromatic nitrogens is 1. The molecule has 17 heavy (non-hydrogen) atoms. The number of rotatable bonds is 2. The Hall–Kier alpha value is -1.72. The molecule has 0 saturated carbocycles. The first-order valence-corrected chi connectivity index (χ1v) is 4.52. The highest BCUT2D eigenvalue weighted by Gasteiger charge is 2.07. The maximum atomic E-state index is 5.83. The monoisotopic (exact) mass is 258 g/mol. The van der Waals surface area contributed by atoms with Crippen LogP contribution in [0.2, 0.25) is 0 Å². The minimum Gasteiger partial charge on any atom is -0.493 e. The van der Waals surface area contributed by atoms with Gasteiger partial charge in [-0.25, -0.2) is 0 Å². The van der Waals surface area contributed by atoms with Crippen LogP contribution < -0.4 is 15.2 Å². The molecule has 6 heteroatoms. The molecule has 0 saturated heterocycles. The fourth-order valence-corrected chi connectivity index (χ4v) is 1.49. The topological polar surface area (TPSA) is 88.9 Å². The van der Waals surface area contributed by atoms with Crippen LogP contribution in [0.1, 0.15) is 0 Å². The second kappa shape index (κ2) is 6.12. The largest absolute Gasteiger partial charge is 0.493 e. The molecular weight excluding hydrogens is 244 g/mol. The van der Waals surface area contributed by atoms with Gasteiger partial charge in [-0.15, -0.1) is 12.4 Å². The quantitative estimate of drug-likeness (QED) is 0.882. The Balaban J connectivity index is 0.00000128. The second-order valence-corrected chi connectivity index (χ2v) is 3.12. The van der Waals surface area contributed by atoms with Gasteiger partial charge >= 0.3 is 0 Å². The van der Waals surface area contributed by atoms with Crippen LogP contribution in [0.4, 0.5) is 5.69 Å². The number of halogens is 1. The first kappa shape index (κ1) is 15.3. The van der Waals surface area contributed by atoms with E-state index in [0.717, 1.165) is 10.9 Å². The molecule has 0 atom stereocenters. The van der Waals surface area contributed by atoms with Crippen LogP contribution in [0.25, 0.3) is 10.9 Å². The molecule has 0 aliphatic rings. The molecule has 0 aliphatic carbocycles. The molecule has 0 bridgehead atoms. The lowest BCUT2D eigenvalue weighted by Gasteiger charge is -2.09. The Kier molecular flexibility index (Phi) is 5.50. The maximum absolute atomic E-state index is 5.83. The number of benzene rings is 1. The molecule has 1 heterocycles. The average Bonchev–Trinajstić information content (AvgIpc) is 2.28. The lowest BCUT2D eigenvalue weighted by atomic mass is 10.1. The zero-order chi connectivity index (χ0) is 10.8. The van der Waals surface area contributed by atoms with E-state index in [0.29, 0.717) is 17.2 Å². The summed E-state index contributed by atoms with van der Waals surface area (Å²) in [5, 5.41) is 0.871. The number of hydrogen-bond donors (Lipinski definition) is 1. The zero-order valence-corrected chi connectivity index (χ0v) is 10.4. The van der Waals surface area contributed by atoms with E-state index in [-0.39, 0.29) is 17.9 Å². The number of anilines is 1. The highest BCUT2D eigenvalue weighted by Crippen LogP contribution is 2.33. The summed E-state index contributed by atoms with van der Waals surface area (Å²) >= 11 is 0. The van der Waals surface area contributed by atoms with Crippen LogP contribution in [0.5, 0.6) is 11.5 Å². The normalized spacial score (nSPS) is 9.06. The fourth-order valence-electron chi connectivity index (χ4n) is 1.49. The highest BCUT2D eigenvalue weighted by atomic mass is 35.5. The van der Waals surface area contributed by atoms with Crippen LogP contribution >= 0.6 is 12.4 Å². The summed E-state index contributed by atoms with van der Waals surface area (Å²) in [6, 6.07) is 5.40. The number of ether oxygens (including phenoxy) is 2. The predicted octanol–water partition coefficient (Wildman–Crippen LogP) is 1.43. The Morgan fingerprint density at radius 2 is 1.71 bits per heavy atom. The fraction of sp³-hybridized carbons (Fsp3) is 0.182. The third-order valence-corrected chi connectivity index (χ3v) is 2.28. The highest BCUT2D eigenvalue weighted by molar-refractivity contribution is 5.92. The molecule has 0 spiro atoms. The summed E-state index contributed by atoms with van der Waals surface area (Å²) in [5.41, 5.74) is 7.32. The molecule has 5 nitrogen and oxygen atoms in total. The van der Waals surface area contributed by atoms with Crippen molar-refractivity contribution < 1.29 is 14.9 Å². The summed E-state index contributed by atoms with van der Waals surface area (Å²) in [7, 11) is 3.19. The minimum atomic E-state index is 0. The van der Waals surface area contributed by atoms with Gasteiger partial charge in [0, 0.05) is 23.3 Å². The number of nitrogens with zero attached hydrogens (tertiary/aromatic N) is 1. The van der Waals surface area contributed by atoms with Gasteiger partial charge in [-0.2, -0.15) is 0 Å². The lowest BCUT2D eigenvalue weighted by molar-refractivity contribution is 0.356. The third-order valence-electron chi connectivity index (χ3n) is 2.28. The number of nitrogen functional groups attached to an aromatic ring is 1. The van der Waals surface area contributed by atoms with Crippen molar-refractivity contribution in [3.05, 3.63) is 24.4 Å². The Labute approximate surface area is 105 Å². The summed E-state index contributed by atoms with van der Waals surface area (Å²) < 4.78 is 10.4. The standard InChI is InChI=1S/C11H12N2O2.ClH.H2O/c1-14-10-5-7-8(12)3-4-13-9(7)6-11(10)15-2;;/h3-6H,1-2H3,(H2,12,13);1H;1H2. The second-order valence-electron chi connectivity index (χ2n) is 3.12. The molecule has 0 amide bonds. The van der Waals surface area contributed by atoms with E-state index >= 15 is 0 Å². The lowest BCUT2D eigenvalue weighted by Crippen LogP contribution is -1.93. The van der Waals surface area contributed by atoms with Crippen LogP contribution in [0, 0.1) is 0 Å². The average molecular weight is 259 g/mol. The molecule has 1 aromatic heterocycles. The Morgan fingerprint density at radius 1 is 1.12 bits per heavy atom. The van der Waals surface area contributed by atoms with Crippen LogP contribution in [-0.2, 0) is 0 Å². The zero-order valence-electron chi connectivity index (χ0n) is 9.56. The predicted molar refractivity (Wildman–Crippen MR) is 70.1 cm³/mol. The summed E-state index contributed by atoms with van der Waals surface area (Å²) in [6.45, 7) is 0. The van der Waals surface area contributed by atoms with E-state index in [1.54, 1.807) is 26.5 Å². The van der Waals surface area contributed by atoms with Crippen molar-refractivity contribution in [3.63, 3.8) is 0 Å². The molecule has 0 fully saturated rings. The Morgan fingerprint density at radius 3 is 2.29 bits per heavy atom. The first-order valence-electron chi connectivity index (χ1n) is 4.52. The van der Waals surface area contributed by atoms with E-state index in [2.05, 4.69) is 4.98 Å². The van der Waals surface area contributed by atoms with Gasteiger partial charge in [0.15, 0.2) is 11.5 Å². The van der Waals surface area contributed by atoms with E-state index in [9.17, 15) is 0 Å². The summed E-state index contributed by atoms with van der Waals surface area (Å²) in [6.07, 6.45) is 1.67. The van der Waals surface area contributed by atoms with Crippen molar-refractivity contribution >= 4 is 29.0 Å². The van der Waals surface area contributed by atoms with E-state index in [4.69, 9.17) is 15.2 Å². The molecule has 0 unspecified atom stereocenters. The van der Waals surface area contributed by atoms with Gasteiger partial charge in [0.25, 0.3) is 0 Å². The number of fused-ring (bicyclic) bond motifs is 1. The molecule has 94 valence electrons. The van der Waals surface area contributed by atoms with Crippen LogP contribution in [-0.4, -0.2) is 24.7 Å². The summed E-state index contributed by atoms with van der Waals surface area (Å²) in [5.74, 6) is 1.31. The SMILES string of the molecule is COc1cc2nccc(N)c2cc1OC.Cl.O. The van der Waals surface area contributed by atoms with Gasteiger partial charge in [0.05, 0.1) is 19.7 Å². The van der Waals surface area contributed by atoms with Gasteiger partial charge in [-0.05, 0) is 12.1 Å². The molecule has 2 aromatic rings. The number of methoxy groups -OCH3 is 2. The molecule has 0 radical (unpaired) electrons. The molecule has 4 N–H and O–H groups in total. The maximum Gasteiger partial charge on any atom is 0.162 e. The van der Waals surface area contributed by atoms with E-state index < -0.39 is 0 Å². The molecule has 2 rings (SSSR count). The first-order chi connectivity index (χ1) is 7.26. The van der Waals surface area contributed by atoms with Crippen molar-refractivity contribution in [1.29, 1.82) is 0 Å². The van der Waals surface area contributed by atoms with Crippen LogP contribution in [0.3, 0.4) is 0 Å². The number of pyridine rings is 1. The summed E-state index contributed by atoms with van der Waals surface area (Å²) in [4.78, 5) is 4.21. The van der Waals surface area contributed by atoms with Gasteiger partial charge < -0.3 is 20.7 Å². The van der Waals surface area contributed by atoms with Gasteiger partial charge in [0.2, 0.25) is 0 Å². The third kappa shape index (κ3) is 2.69. The van der Waals surface area contributed by atoms with Gasteiger partial charge in [-0.3, -0.25) is 4.98 Å². The van der Waals surface area contributed by atoms with Crippen molar-refractivity contribution in [3.8, 4) is 11.5 Å². The molecule has 0 aliphatic heterocycles. The van der Waals surface area contributed by atoms with Crippen LogP contribution in [0.15, 0.2) is 24.4 Å². The van der Waals surface area contributed by atoms with Gasteiger partial charge in [-0.1, -0.05) is 0 Å². The molecule has 1 aromatic carbocycles. The minimum absolute atomic E-state index is 0. The van der Waals surface area contributed by atoms with Crippen molar-refractivity contribution in [2.24, 2.45) is 0 Å². The smallest absolute Gasteiger partial charge is 0.162 e. The number of hydrogen-bond acceptors (Lipinski definition) is 4. The molecular formula is C11H15ClN2O3. The van der Waals surface area contributed by atoms with E-state index in [1.807, 2.05) is 12.1 Å². The van der Waals surface area contributed by atoms with Gasteiger partial charge in [0.1, 0.15) is 0 Å². The number of nitrogens with two attached hydrogens (primary N) is 1. The Bertz CT molecular complexity index is 505.